The van der Waals surface area contributed by atoms with Crippen LogP contribution in [0.2, 0.25) is 0 Å². The summed E-state index contributed by atoms with van der Waals surface area (Å²) in [7, 11) is 1.29. The number of nitrogens with two attached hydrogens (primary N) is 1. The standard InChI is InChI=1S/C9H10N2O5/c1-16-7-4-5(11(14)15)2-3-6(7)8(10)9(12)13/h2-4,8H,10H2,1H3,(H,12,13)/t8-/m0/s1. The van der Waals surface area contributed by atoms with Crippen molar-refractivity contribution in [1.82, 2.24) is 0 Å². The van der Waals surface area contributed by atoms with Crippen molar-refractivity contribution in [3.05, 3.63) is 33.9 Å². The molecule has 7 nitrogen and oxygen atoms in total. The van der Waals surface area contributed by atoms with Gasteiger partial charge in [-0.15, -0.1) is 0 Å². The van der Waals surface area contributed by atoms with Crippen molar-refractivity contribution >= 4 is 11.7 Å². The Balaban J connectivity index is 3.21. The predicted molar refractivity (Wildman–Crippen MR) is 54.2 cm³/mol. The Kier molecular flexibility index (Phi) is 3.41. The van der Waals surface area contributed by atoms with Gasteiger partial charge in [-0.05, 0) is 6.07 Å². The molecule has 1 atom stereocenters. The maximum Gasteiger partial charge on any atom is 0.325 e. The van der Waals surface area contributed by atoms with Crippen LogP contribution in [0, 0.1) is 10.1 Å². The van der Waals surface area contributed by atoms with Gasteiger partial charge in [-0.1, -0.05) is 0 Å². The van der Waals surface area contributed by atoms with E-state index in [2.05, 4.69) is 0 Å². The van der Waals surface area contributed by atoms with Crippen LogP contribution in [0.25, 0.3) is 0 Å². The third kappa shape index (κ3) is 2.26. The highest BCUT2D eigenvalue weighted by Gasteiger charge is 2.21. The number of rotatable bonds is 4. The van der Waals surface area contributed by atoms with Crippen LogP contribution >= 0.6 is 0 Å². The second-order valence-corrected chi connectivity index (χ2v) is 3.00. The minimum absolute atomic E-state index is 0.0871. The number of aliphatic carboxylic acids is 1. The number of hydrogen-bond donors (Lipinski definition) is 2. The number of carbonyl (C=O) groups is 1. The van der Waals surface area contributed by atoms with Crippen LogP contribution in [0.5, 0.6) is 5.75 Å². The van der Waals surface area contributed by atoms with Crippen molar-refractivity contribution in [3.63, 3.8) is 0 Å². The Bertz CT molecular complexity index is 432. The summed E-state index contributed by atoms with van der Waals surface area (Å²) in [5.74, 6) is -1.14. The van der Waals surface area contributed by atoms with E-state index >= 15 is 0 Å². The van der Waals surface area contributed by atoms with Crippen LogP contribution in [0.15, 0.2) is 18.2 Å². The lowest BCUT2D eigenvalue weighted by molar-refractivity contribution is -0.384. The molecular weight excluding hydrogens is 216 g/mol. The molecule has 16 heavy (non-hydrogen) atoms. The van der Waals surface area contributed by atoms with E-state index in [0.29, 0.717) is 0 Å². The summed E-state index contributed by atoms with van der Waals surface area (Å²) < 4.78 is 4.86. The van der Waals surface area contributed by atoms with Crippen LogP contribution in [0.3, 0.4) is 0 Å². The lowest BCUT2D eigenvalue weighted by atomic mass is 10.1. The summed E-state index contributed by atoms with van der Waals surface area (Å²) in [6.07, 6.45) is 0. The van der Waals surface area contributed by atoms with E-state index in [4.69, 9.17) is 15.6 Å². The van der Waals surface area contributed by atoms with Crippen LogP contribution < -0.4 is 10.5 Å². The van der Waals surface area contributed by atoms with Crippen LogP contribution in [-0.2, 0) is 4.79 Å². The van der Waals surface area contributed by atoms with E-state index in [9.17, 15) is 14.9 Å². The summed E-state index contributed by atoms with van der Waals surface area (Å²) in [5, 5.41) is 19.2. The third-order valence-corrected chi connectivity index (χ3v) is 2.03. The van der Waals surface area contributed by atoms with Crippen molar-refractivity contribution in [1.29, 1.82) is 0 Å². The van der Waals surface area contributed by atoms with Crippen LogP contribution in [0.4, 0.5) is 5.69 Å². The number of benzene rings is 1. The zero-order valence-electron chi connectivity index (χ0n) is 8.41. The van der Waals surface area contributed by atoms with Gasteiger partial charge in [0.25, 0.3) is 5.69 Å². The van der Waals surface area contributed by atoms with E-state index in [0.717, 1.165) is 6.07 Å². The Morgan fingerprint density at radius 3 is 2.69 bits per heavy atom. The number of carboxylic acids is 1. The average Bonchev–Trinajstić information content (AvgIpc) is 2.26. The number of nitro benzene ring substituents is 1. The topological polar surface area (TPSA) is 116 Å². The van der Waals surface area contributed by atoms with E-state index in [1.54, 1.807) is 0 Å². The molecule has 1 aromatic rings. The second kappa shape index (κ2) is 4.58. The highest BCUT2D eigenvalue weighted by atomic mass is 16.6. The van der Waals surface area contributed by atoms with Crippen molar-refractivity contribution in [2.75, 3.05) is 7.11 Å². The number of ether oxygens (including phenoxy) is 1. The first kappa shape index (κ1) is 11.9. The molecule has 0 fully saturated rings. The van der Waals surface area contributed by atoms with Gasteiger partial charge in [0.2, 0.25) is 0 Å². The summed E-state index contributed by atoms with van der Waals surface area (Å²) in [6, 6.07) is 2.32. The normalized spacial score (nSPS) is 11.9. The number of nitro groups is 1. The molecule has 0 heterocycles. The molecule has 0 aliphatic heterocycles. The van der Waals surface area contributed by atoms with Crippen LogP contribution in [0.1, 0.15) is 11.6 Å². The Morgan fingerprint density at radius 2 is 2.25 bits per heavy atom. The lowest BCUT2D eigenvalue weighted by Gasteiger charge is -2.11. The van der Waals surface area contributed by atoms with Gasteiger partial charge >= 0.3 is 5.97 Å². The fourth-order valence-corrected chi connectivity index (χ4v) is 1.20. The molecule has 0 saturated carbocycles. The summed E-state index contributed by atoms with van der Waals surface area (Å²) in [6.45, 7) is 0. The molecule has 0 amide bonds. The fourth-order valence-electron chi connectivity index (χ4n) is 1.20. The highest BCUT2D eigenvalue weighted by Crippen LogP contribution is 2.28. The molecule has 0 unspecified atom stereocenters. The van der Waals surface area contributed by atoms with Gasteiger partial charge < -0.3 is 15.6 Å². The van der Waals surface area contributed by atoms with Gasteiger partial charge in [0, 0.05) is 11.6 Å². The smallest absolute Gasteiger partial charge is 0.325 e. The Morgan fingerprint density at radius 1 is 1.62 bits per heavy atom. The van der Waals surface area contributed by atoms with Crippen molar-refractivity contribution in [2.45, 2.75) is 6.04 Å². The van der Waals surface area contributed by atoms with Crippen molar-refractivity contribution in [2.24, 2.45) is 5.73 Å². The zero-order valence-corrected chi connectivity index (χ0v) is 8.41. The Hall–Kier alpha value is -2.15. The zero-order chi connectivity index (χ0) is 12.3. The minimum Gasteiger partial charge on any atom is -0.496 e. The lowest BCUT2D eigenvalue weighted by Crippen LogP contribution is -2.21. The molecular formula is C9H10N2O5. The molecule has 0 aromatic heterocycles. The highest BCUT2D eigenvalue weighted by molar-refractivity contribution is 5.76. The predicted octanol–water partition coefficient (Wildman–Crippen LogP) is 0.688. The molecule has 7 heteroatoms. The first-order valence-electron chi connectivity index (χ1n) is 4.28. The quantitative estimate of drug-likeness (QED) is 0.576. The number of carboxylic acid groups (broad SMARTS) is 1. The van der Waals surface area contributed by atoms with E-state index in [1.807, 2.05) is 0 Å². The monoisotopic (exact) mass is 226 g/mol. The van der Waals surface area contributed by atoms with Gasteiger partial charge in [0.1, 0.15) is 11.8 Å². The van der Waals surface area contributed by atoms with Gasteiger partial charge in [0.05, 0.1) is 18.1 Å². The first-order chi connectivity index (χ1) is 7.47. The maximum atomic E-state index is 10.7. The fraction of sp³-hybridized carbons (Fsp3) is 0.222. The van der Waals surface area contributed by atoms with Crippen molar-refractivity contribution < 1.29 is 19.6 Å². The van der Waals surface area contributed by atoms with Gasteiger partial charge in [0.15, 0.2) is 0 Å². The molecule has 0 aliphatic carbocycles. The summed E-state index contributed by atoms with van der Waals surface area (Å²) >= 11 is 0. The number of hydrogen-bond acceptors (Lipinski definition) is 5. The molecule has 1 aromatic carbocycles. The second-order valence-electron chi connectivity index (χ2n) is 3.00. The van der Waals surface area contributed by atoms with Gasteiger partial charge in [-0.2, -0.15) is 0 Å². The first-order valence-corrected chi connectivity index (χ1v) is 4.28. The van der Waals surface area contributed by atoms with Crippen LogP contribution in [-0.4, -0.2) is 23.1 Å². The number of methoxy groups -OCH3 is 1. The Labute approximate surface area is 90.6 Å². The van der Waals surface area contributed by atoms with E-state index in [-0.39, 0.29) is 17.0 Å². The van der Waals surface area contributed by atoms with E-state index in [1.165, 1.54) is 19.2 Å². The van der Waals surface area contributed by atoms with Gasteiger partial charge in [-0.25, -0.2) is 0 Å². The molecule has 0 saturated heterocycles. The minimum atomic E-state index is -1.27. The molecule has 0 radical (unpaired) electrons. The molecule has 0 spiro atoms. The molecule has 3 N–H and O–H groups in total. The van der Waals surface area contributed by atoms with E-state index < -0.39 is 16.9 Å². The SMILES string of the molecule is COc1cc([N+](=O)[O-])ccc1[C@H](N)C(=O)O. The third-order valence-electron chi connectivity index (χ3n) is 2.03. The maximum absolute atomic E-state index is 10.7. The largest absolute Gasteiger partial charge is 0.496 e. The summed E-state index contributed by atoms with van der Waals surface area (Å²) in [4.78, 5) is 20.6. The molecule has 0 aliphatic rings. The van der Waals surface area contributed by atoms with Crippen molar-refractivity contribution in [3.8, 4) is 5.75 Å². The molecule has 0 bridgehead atoms. The molecule has 1 rings (SSSR count). The number of non-ortho nitro benzene ring substituents is 1. The number of nitrogens with zero attached hydrogens (tertiary/aromatic N) is 1. The summed E-state index contributed by atoms with van der Waals surface area (Å²) in [5.41, 5.74) is 5.40. The molecule has 86 valence electrons. The average molecular weight is 226 g/mol. The van der Waals surface area contributed by atoms with Gasteiger partial charge in [-0.3, -0.25) is 14.9 Å².